The van der Waals surface area contributed by atoms with Gasteiger partial charge in [-0.3, -0.25) is 9.59 Å². The van der Waals surface area contributed by atoms with Gasteiger partial charge in [-0.05, 0) is 42.3 Å². The maximum absolute atomic E-state index is 12.5. The fraction of sp³-hybridized carbons (Fsp3) is 0.300. The number of nitrogens with zero attached hydrogens (tertiary/aromatic N) is 1. The van der Waals surface area contributed by atoms with Crippen LogP contribution in [0, 0.1) is 0 Å². The minimum Gasteiger partial charge on any atom is -0.497 e. The molecule has 7 heteroatoms. The van der Waals surface area contributed by atoms with E-state index in [9.17, 15) is 9.59 Å². The summed E-state index contributed by atoms with van der Waals surface area (Å²) in [7, 11) is 1.59. The highest BCUT2D eigenvalue weighted by Crippen LogP contribution is 2.21. The Labute approximate surface area is 169 Å². The minimum absolute atomic E-state index is 0.182. The van der Waals surface area contributed by atoms with Crippen LogP contribution in [0.3, 0.4) is 0 Å². The van der Waals surface area contributed by atoms with Crippen molar-refractivity contribution in [1.29, 1.82) is 0 Å². The number of methoxy groups -OCH3 is 1. The van der Waals surface area contributed by atoms with Gasteiger partial charge in [0, 0.05) is 30.1 Å². The lowest BCUT2D eigenvalue weighted by Crippen LogP contribution is -2.46. The van der Waals surface area contributed by atoms with E-state index in [2.05, 4.69) is 5.32 Å². The van der Waals surface area contributed by atoms with E-state index in [0.29, 0.717) is 16.6 Å². The predicted octanol–water partition coefficient (Wildman–Crippen LogP) is 4.06. The lowest BCUT2D eigenvalue weighted by molar-refractivity contribution is -0.139. The van der Waals surface area contributed by atoms with Crippen molar-refractivity contribution in [2.24, 2.45) is 0 Å². The van der Waals surface area contributed by atoms with Crippen LogP contribution in [-0.4, -0.2) is 29.9 Å². The van der Waals surface area contributed by atoms with Crippen molar-refractivity contribution < 1.29 is 14.3 Å². The molecule has 5 nitrogen and oxygen atoms in total. The van der Waals surface area contributed by atoms with Gasteiger partial charge in [-0.2, -0.15) is 0 Å². The molecule has 0 saturated heterocycles. The summed E-state index contributed by atoms with van der Waals surface area (Å²) in [5.74, 6) is 0.293. The van der Waals surface area contributed by atoms with E-state index in [1.807, 2.05) is 24.3 Å². The van der Waals surface area contributed by atoms with Gasteiger partial charge in [-0.25, -0.2) is 0 Å². The molecule has 0 spiro atoms. The summed E-state index contributed by atoms with van der Waals surface area (Å²) in [5.41, 5.74) is 1.66. The topological polar surface area (TPSA) is 58.6 Å². The van der Waals surface area contributed by atoms with Crippen LogP contribution >= 0.6 is 23.2 Å². The zero-order chi connectivity index (χ0) is 20.0. The molecule has 27 heavy (non-hydrogen) atoms. The highest BCUT2D eigenvalue weighted by molar-refractivity contribution is 6.35. The molecule has 0 heterocycles. The first-order valence-electron chi connectivity index (χ1n) is 8.43. The number of amides is 2. The molecule has 0 aliphatic rings. The number of carbonyl (C=O) groups excluding carboxylic acids is 2. The van der Waals surface area contributed by atoms with Crippen LogP contribution in [0.4, 0.5) is 0 Å². The minimum atomic E-state index is -0.629. The standard InChI is InChI=1S/C20H22Cl2N2O3/c1-13(20(26)23-11-16-6-7-17(21)10-19(16)22)24(14(2)25)12-15-4-8-18(27-3)9-5-15/h4-10,13H,11-12H2,1-3H3,(H,23,26). The Morgan fingerprint density at radius 2 is 1.81 bits per heavy atom. The first-order valence-corrected chi connectivity index (χ1v) is 9.19. The molecule has 1 N–H and O–H groups in total. The smallest absolute Gasteiger partial charge is 0.242 e. The number of rotatable bonds is 7. The van der Waals surface area contributed by atoms with Crippen LogP contribution in [0.2, 0.25) is 10.0 Å². The molecule has 0 saturated carbocycles. The monoisotopic (exact) mass is 408 g/mol. The van der Waals surface area contributed by atoms with E-state index < -0.39 is 6.04 Å². The first-order chi connectivity index (χ1) is 12.8. The molecule has 0 bridgehead atoms. The second-order valence-corrected chi connectivity index (χ2v) is 6.97. The van der Waals surface area contributed by atoms with Gasteiger partial charge < -0.3 is 15.0 Å². The number of halogens is 2. The van der Waals surface area contributed by atoms with Crippen molar-refractivity contribution in [3.63, 3.8) is 0 Å². The molecule has 2 aromatic rings. The SMILES string of the molecule is COc1ccc(CN(C(C)=O)C(C)C(=O)NCc2ccc(Cl)cc2Cl)cc1. The molecule has 0 fully saturated rings. The number of ether oxygens (including phenoxy) is 1. The van der Waals surface area contributed by atoms with Gasteiger partial charge in [-0.1, -0.05) is 41.4 Å². The molecule has 0 aromatic heterocycles. The Balaban J connectivity index is 2.02. The largest absolute Gasteiger partial charge is 0.497 e. The highest BCUT2D eigenvalue weighted by atomic mass is 35.5. The van der Waals surface area contributed by atoms with Crippen molar-refractivity contribution >= 4 is 35.0 Å². The average molecular weight is 409 g/mol. The lowest BCUT2D eigenvalue weighted by Gasteiger charge is -2.27. The van der Waals surface area contributed by atoms with Crippen molar-refractivity contribution in [3.05, 3.63) is 63.6 Å². The number of nitrogens with one attached hydrogen (secondary N) is 1. The van der Waals surface area contributed by atoms with Gasteiger partial charge in [0.05, 0.1) is 7.11 Å². The summed E-state index contributed by atoms with van der Waals surface area (Å²) in [5, 5.41) is 3.83. The number of carbonyl (C=O) groups is 2. The van der Waals surface area contributed by atoms with Crippen molar-refractivity contribution in [2.45, 2.75) is 33.0 Å². The zero-order valence-corrected chi connectivity index (χ0v) is 17.0. The summed E-state index contributed by atoms with van der Waals surface area (Å²) in [6.07, 6.45) is 0. The second kappa shape index (κ2) is 9.62. The molecule has 1 unspecified atom stereocenters. The van der Waals surface area contributed by atoms with Gasteiger partial charge in [0.15, 0.2) is 0 Å². The lowest BCUT2D eigenvalue weighted by atomic mass is 10.1. The van der Waals surface area contributed by atoms with Gasteiger partial charge in [0.25, 0.3) is 0 Å². The zero-order valence-electron chi connectivity index (χ0n) is 15.5. The molecule has 0 aliphatic heterocycles. The number of benzene rings is 2. The maximum Gasteiger partial charge on any atom is 0.242 e. The molecular formula is C20H22Cl2N2O3. The van der Waals surface area contributed by atoms with Crippen LogP contribution in [-0.2, 0) is 22.7 Å². The second-order valence-electron chi connectivity index (χ2n) is 6.12. The highest BCUT2D eigenvalue weighted by Gasteiger charge is 2.23. The third-order valence-electron chi connectivity index (χ3n) is 4.23. The summed E-state index contributed by atoms with van der Waals surface area (Å²) in [4.78, 5) is 26.1. The quantitative estimate of drug-likeness (QED) is 0.751. The molecular weight excluding hydrogens is 387 g/mol. The molecule has 0 radical (unpaired) electrons. The number of hydrogen-bond acceptors (Lipinski definition) is 3. The van der Waals surface area contributed by atoms with Crippen LogP contribution in [0.25, 0.3) is 0 Å². The normalized spacial score (nSPS) is 11.6. The third-order valence-corrected chi connectivity index (χ3v) is 4.82. The summed E-state index contributed by atoms with van der Waals surface area (Å²) >= 11 is 12.0. The summed E-state index contributed by atoms with van der Waals surface area (Å²) in [6, 6.07) is 11.8. The van der Waals surface area contributed by atoms with Gasteiger partial charge in [0.2, 0.25) is 11.8 Å². The van der Waals surface area contributed by atoms with Gasteiger partial charge in [-0.15, -0.1) is 0 Å². The Morgan fingerprint density at radius 3 is 2.37 bits per heavy atom. The van der Waals surface area contributed by atoms with E-state index in [1.165, 1.54) is 11.8 Å². The van der Waals surface area contributed by atoms with Crippen LogP contribution in [0.1, 0.15) is 25.0 Å². The molecule has 144 valence electrons. The Bertz CT molecular complexity index is 809. The van der Waals surface area contributed by atoms with E-state index >= 15 is 0 Å². The Hall–Kier alpha value is -2.24. The van der Waals surface area contributed by atoms with E-state index in [1.54, 1.807) is 32.2 Å². The van der Waals surface area contributed by atoms with E-state index in [4.69, 9.17) is 27.9 Å². The summed E-state index contributed by atoms with van der Waals surface area (Å²) in [6.45, 7) is 3.73. The van der Waals surface area contributed by atoms with Gasteiger partial charge >= 0.3 is 0 Å². The molecule has 1 atom stereocenters. The third kappa shape index (κ3) is 5.88. The van der Waals surface area contributed by atoms with Gasteiger partial charge in [0.1, 0.15) is 11.8 Å². The van der Waals surface area contributed by atoms with Crippen molar-refractivity contribution in [3.8, 4) is 5.75 Å². The maximum atomic E-state index is 12.5. The van der Waals surface area contributed by atoms with Crippen LogP contribution in [0.15, 0.2) is 42.5 Å². The molecule has 2 aromatic carbocycles. The first kappa shape index (κ1) is 21.1. The van der Waals surface area contributed by atoms with E-state index in [0.717, 1.165) is 16.9 Å². The molecule has 0 aliphatic carbocycles. The predicted molar refractivity (Wildman–Crippen MR) is 107 cm³/mol. The van der Waals surface area contributed by atoms with Crippen LogP contribution < -0.4 is 10.1 Å². The van der Waals surface area contributed by atoms with E-state index in [-0.39, 0.29) is 18.4 Å². The Morgan fingerprint density at radius 1 is 1.15 bits per heavy atom. The van der Waals surface area contributed by atoms with Crippen LogP contribution in [0.5, 0.6) is 5.75 Å². The summed E-state index contributed by atoms with van der Waals surface area (Å²) < 4.78 is 5.13. The fourth-order valence-corrected chi connectivity index (χ4v) is 3.06. The van der Waals surface area contributed by atoms with Crippen molar-refractivity contribution in [1.82, 2.24) is 10.2 Å². The molecule has 2 amide bonds. The molecule has 2 rings (SSSR count). The average Bonchev–Trinajstić information content (AvgIpc) is 2.64. The Kier molecular flexibility index (Phi) is 7.51. The fourth-order valence-electron chi connectivity index (χ4n) is 2.59. The van der Waals surface area contributed by atoms with Crippen molar-refractivity contribution in [2.75, 3.05) is 7.11 Å². The number of hydrogen-bond donors (Lipinski definition) is 1.